The molecule has 17 heavy (non-hydrogen) atoms. The van der Waals surface area contributed by atoms with E-state index in [2.05, 4.69) is 10.1 Å². The summed E-state index contributed by atoms with van der Waals surface area (Å²) in [6.45, 7) is 1.92. The molecule has 1 N–H and O–H groups in total. The van der Waals surface area contributed by atoms with Crippen LogP contribution in [0.5, 0.6) is 0 Å². The van der Waals surface area contributed by atoms with Gasteiger partial charge in [0.25, 0.3) is 0 Å². The maximum absolute atomic E-state index is 9.68. The molecule has 5 unspecified atom stereocenters. The summed E-state index contributed by atoms with van der Waals surface area (Å²) < 4.78 is 5.35. The molecular weight excluding hydrogens is 216 g/mol. The first kappa shape index (κ1) is 10.1. The Balaban J connectivity index is 1.56. The van der Waals surface area contributed by atoms with E-state index in [1.54, 1.807) is 0 Å². The first-order valence-corrected chi connectivity index (χ1v) is 6.81. The van der Waals surface area contributed by atoms with Crippen LogP contribution < -0.4 is 0 Å². The van der Waals surface area contributed by atoms with E-state index in [1.807, 2.05) is 6.92 Å². The first-order chi connectivity index (χ1) is 8.29. The number of aliphatic hydroxyl groups is 1. The normalized spacial score (nSPS) is 43.8. The number of hydrogen-bond acceptors (Lipinski definition) is 4. The van der Waals surface area contributed by atoms with Gasteiger partial charge in [-0.1, -0.05) is 12.1 Å². The summed E-state index contributed by atoms with van der Waals surface area (Å²) in [7, 11) is 0. The minimum absolute atomic E-state index is 0.472. The van der Waals surface area contributed by atoms with Gasteiger partial charge in [0, 0.05) is 5.92 Å². The van der Waals surface area contributed by atoms with Gasteiger partial charge < -0.3 is 9.63 Å². The number of fused-ring (bicyclic) bond motifs is 5. The fourth-order valence-electron chi connectivity index (χ4n) is 4.36. The quantitative estimate of drug-likeness (QED) is 0.871. The van der Waals surface area contributed by atoms with E-state index in [0.29, 0.717) is 18.2 Å². The second-order valence-electron chi connectivity index (χ2n) is 5.93. The van der Waals surface area contributed by atoms with Gasteiger partial charge in [-0.3, -0.25) is 0 Å². The number of hydrogen-bond donors (Lipinski definition) is 1. The van der Waals surface area contributed by atoms with Crippen LogP contribution >= 0.6 is 0 Å². The zero-order valence-corrected chi connectivity index (χ0v) is 10.0. The van der Waals surface area contributed by atoms with Crippen LogP contribution in [0, 0.1) is 23.7 Å². The molecule has 0 aliphatic heterocycles. The molecule has 3 aliphatic carbocycles. The molecule has 4 rings (SSSR count). The van der Waals surface area contributed by atoms with Gasteiger partial charge in [0.05, 0.1) is 0 Å². The van der Waals surface area contributed by atoms with Crippen molar-refractivity contribution in [3.63, 3.8) is 0 Å². The third kappa shape index (κ3) is 1.27. The number of aliphatic hydroxyl groups excluding tert-OH is 1. The lowest BCUT2D eigenvalue weighted by Crippen LogP contribution is -2.00. The van der Waals surface area contributed by atoms with E-state index in [4.69, 9.17) is 4.52 Å². The topological polar surface area (TPSA) is 59.2 Å². The van der Waals surface area contributed by atoms with Crippen LogP contribution in [0.2, 0.25) is 0 Å². The van der Waals surface area contributed by atoms with Crippen molar-refractivity contribution in [2.75, 3.05) is 0 Å². The number of rotatable bonds is 3. The Bertz CT molecular complexity index is 428. The van der Waals surface area contributed by atoms with E-state index in [9.17, 15) is 5.11 Å². The van der Waals surface area contributed by atoms with Crippen molar-refractivity contribution in [3.8, 4) is 0 Å². The molecule has 2 bridgehead atoms. The van der Waals surface area contributed by atoms with E-state index in [-0.39, 0.29) is 0 Å². The van der Waals surface area contributed by atoms with Gasteiger partial charge in [-0.15, -0.1) is 0 Å². The Kier molecular flexibility index (Phi) is 1.96. The molecule has 3 fully saturated rings. The van der Waals surface area contributed by atoms with Gasteiger partial charge >= 0.3 is 0 Å². The molecule has 1 heterocycles. The van der Waals surface area contributed by atoms with Crippen LogP contribution in [-0.2, 0) is 0 Å². The maximum Gasteiger partial charge on any atom is 0.230 e. The summed E-state index contributed by atoms with van der Waals surface area (Å²) in [6.07, 6.45) is 4.32. The Morgan fingerprint density at radius 3 is 2.71 bits per heavy atom. The van der Waals surface area contributed by atoms with Crippen molar-refractivity contribution >= 4 is 0 Å². The number of aromatic nitrogens is 2. The Morgan fingerprint density at radius 2 is 2.06 bits per heavy atom. The molecule has 4 heteroatoms. The average Bonchev–Trinajstić information content (AvgIpc) is 2.81. The molecule has 3 aliphatic rings. The van der Waals surface area contributed by atoms with E-state index < -0.39 is 6.10 Å². The lowest BCUT2D eigenvalue weighted by Gasteiger charge is -2.04. The largest absolute Gasteiger partial charge is 0.385 e. The third-order valence-corrected chi connectivity index (χ3v) is 5.16. The molecule has 1 aromatic rings. The zero-order valence-electron chi connectivity index (χ0n) is 10.0. The fraction of sp³-hybridized carbons (Fsp3) is 0.846. The molecule has 0 amide bonds. The highest BCUT2D eigenvalue weighted by Gasteiger charge is 2.67. The summed E-state index contributed by atoms with van der Waals surface area (Å²) in [6, 6.07) is 0. The summed E-state index contributed by atoms with van der Waals surface area (Å²) in [4.78, 5) is 4.39. The van der Waals surface area contributed by atoms with Crippen LogP contribution in [0.4, 0.5) is 0 Å². The van der Waals surface area contributed by atoms with Gasteiger partial charge in [0.15, 0.2) is 5.82 Å². The third-order valence-electron chi connectivity index (χ3n) is 5.16. The summed E-state index contributed by atoms with van der Waals surface area (Å²) in [5, 5.41) is 13.6. The summed E-state index contributed by atoms with van der Waals surface area (Å²) in [5.74, 6) is 5.26. The van der Waals surface area contributed by atoms with Crippen LogP contribution in [0.3, 0.4) is 0 Å². The molecule has 3 saturated carbocycles. The Morgan fingerprint density at radius 1 is 1.35 bits per heavy atom. The van der Waals surface area contributed by atoms with Crippen molar-refractivity contribution in [1.29, 1.82) is 0 Å². The predicted octanol–water partition coefficient (Wildman–Crippen LogP) is 2.27. The summed E-state index contributed by atoms with van der Waals surface area (Å²) in [5.41, 5.74) is 0. The molecule has 0 aromatic carbocycles. The highest BCUT2D eigenvalue weighted by Crippen LogP contribution is 2.72. The highest BCUT2D eigenvalue weighted by molar-refractivity contribution is 5.22. The smallest absolute Gasteiger partial charge is 0.230 e. The van der Waals surface area contributed by atoms with E-state index >= 15 is 0 Å². The van der Waals surface area contributed by atoms with Crippen molar-refractivity contribution in [1.82, 2.24) is 10.1 Å². The van der Waals surface area contributed by atoms with Crippen molar-refractivity contribution < 1.29 is 9.63 Å². The molecule has 5 atom stereocenters. The van der Waals surface area contributed by atoms with E-state index in [0.717, 1.165) is 29.6 Å². The monoisotopic (exact) mass is 234 g/mol. The minimum atomic E-state index is -0.567. The number of nitrogens with zero attached hydrogens (tertiary/aromatic N) is 2. The van der Waals surface area contributed by atoms with E-state index in [1.165, 1.54) is 19.3 Å². The van der Waals surface area contributed by atoms with Crippen molar-refractivity contribution in [3.05, 3.63) is 11.7 Å². The van der Waals surface area contributed by atoms with Crippen LogP contribution in [-0.4, -0.2) is 15.2 Å². The predicted molar refractivity (Wildman–Crippen MR) is 60.1 cm³/mol. The average molecular weight is 234 g/mol. The molecular formula is C13H18N2O2. The van der Waals surface area contributed by atoms with Gasteiger partial charge in [-0.2, -0.15) is 4.98 Å². The molecule has 4 nitrogen and oxygen atoms in total. The van der Waals surface area contributed by atoms with Crippen molar-refractivity contribution in [2.45, 2.75) is 44.6 Å². The maximum atomic E-state index is 9.68. The van der Waals surface area contributed by atoms with Crippen LogP contribution in [0.25, 0.3) is 0 Å². The second-order valence-corrected chi connectivity index (χ2v) is 5.93. The van der Waals surface area contributed by atoms with Crippen molar-refractivity contribution in [2.24, 2.45) is 23.7 Å². The summed E-state index contributed by atoms with van der Waals surface area (Å²) >= 11 is 0. The Labute approximate surface area is 100 Å². The van der Waals surface area contributed by atoms with Crippen LogP contribution in [0.15, 0.2) is 4.52 Å². The zero-order chi connectivity index (χ0) is 11.6. The molecule has 0 spiro atoms. The lowest BCUT2D eigenvalue weighted by atomic mass is 10.0. The lowest BCUT2D eigenvalue weighted by molar-refractivity contribution is 0.159. The van der Waals surface area contributed by atoms with Gasteiger partial charge in [0.1, 0.15) is 6.10 Å². The minimum Gasteiger partial charge on any atom is -0.385 e. The standard InChI is InChI=1S/C13H18N2O2/c1-2-8(16)12-14-13(17-15-12)11-9-6-3-4-7(5-6)10(9)11/h6-11,16H,2-5H2,1H3. The Hall–Kier alpha value is -0.900. The SMILES string of the molecule is CCC(O)c1noc(C2C3C4CCC(C4)C23)n1. The second kappa shape index (κ2) is 3.31. The van der Waals surface area contributed by atoms with Gasteiger partial charge in [-0.05, 0) is 49.4 Å². The highest BCUT2D eigenvalue weighted by atomic mass is 16.5. The van der Waals surface area contributed by atoms with Gasteiger partial charge in [0.2, 0.25) is 5.89 Å². The van der Waals surface area contributed by atoms with Crippen LogP contribution in [0.1, 0.15) is 56.3 Å². The fourth-order valence-corrected chi connectivity index (χ4v) is 4.36. The molecule has 1 aromatic heterocycles. The van der Waals surface area contributed by atoms with Gasteiger partial charge in [-0.25, -0.2) is 0 Å². The molecule has 92 valence electrons. The molecule has 0 saturated heterocycles. The molecule has 0 radical (unpaired) electrons. The first-order valence-electron chi connectivity index (χ1n) is 6.81.